The lowest BCUT2D eigenvalue weighted by atomic mass is 10.2. The van der Waals surface area contributed by atoms with Gasteiger partial charge in [-0.2, -0.15) is 4.98 Å². The molecule has 1 aromatic carbocycles. The second-order valence-electron chi connectivity index (χ2n) is 8.91. The minimum Gasteiger partial charge on any atom is -0.493 e. The number of hydrogen-bond acceptors (Lipinski definition) is 10. The van der Waals surface area contributed by atoms with E-state index in [4.69, 9.17) is 29.1 Å². The van der Waals surface area contributed by atoms with Gasteiger partial charge in [0.25, 0.3) is 0 Å². The number of rotatable bonds is 8. The number of aromatic nitrogens is 2. The van der Waals surface area contributed by atoms with Gasteiger partial charge >= 0.3 is 18.0 Å². The number of carboxylic acid groups (broad SMARTS) is 2. The number of ether oxygens (including phenoxy) is 1. The Kier molecular flexibility index (Phi) is 10.2. The van der Waals surface area contributed by atoms with Gasteiger partial charge in [-0.05, 0) is 44.0 Å². The first-order chi connectivity index (χ1) is 16.8. The maximum atomic E-state index is 11.7. The number of nitrogens with zero attached hydrogens (tertiary/aromatic N) is 4. The van der Waals surface area contributed by atoms with Gasteiger partial charge in [0.05, 0.1) is 11.5 Å². The molecule has 0 spiro atoms. The lowest BCUT2D eigenvalue weighted by Crippen LogP contribution is -2.50. The lowest BCUT2D eigenvalue weighted by molar-refractivity contribution is -0.159. The molecule has 2 N–H and O–H groups in total. The molecule has 1 saturated heterocycles. The van der Waals surface area contributed by atoms with Crippen LogP contribution < -0.4 is 9.64 Å². The maximum Gasteiger partial charge on any atom is 0.414 e. The molecule has 2 heterocycles. The number of piperazine rings is 1. The first-order valence-electron chi connectivity index (χ1n) is 11.5. The normalized spacial score (nSPS) is 15.2. The molecule has 0 bridgehead atoms. The lowest BCUT2D eigenvalue weighted by Gasteiger charge is -2.37. The minimum atomic E-state index is -3.20. The van der Waals surface area contributed by atoms with Gasteiger partial charge in [0.15, 0.2) is 15.7 Å². The summed E-state index contributed by atoms with van der Waals surface area (Å²) in [7, 11) is -3.20. The van der Waals surface area contributed by atoms with Crippen LogP contribution in [0.15, 0.2) is 27.6 Å². The molecule has 1 unspecified atom stereocenters. The van der Waals surface area contributed by atoms with Crippen molar-refractivity contribution < 1.29 is 37.5 Å². The van der Waals surface area contributed by atoms with E-state index in [1.807, 2.05) is 6.92 Å². The van der Waals surface area contributed by atoms with E-state index < -0.39 is 21.8 Å². The van der Waals surface area contributed by atoms with E-state index >= 15 is 0 Å². The summed E-state index contributed by atoms with van der Waals surface area (Å²) >= 11 is 0. The Balaban J connectivity index is 0.000000678. The molecular formula is C23H34N4O8S. The fourth-order valence-electron chi connectivity index (χ4n) is 3.48. The number of carbonyl (C=O) groups is 2. The van der Waals surface area contributed by atoms with Crippen molar-refractivity contribution in [2.75, 3.05) is 43.9 Å². The Labute approximate surface area is 210 Å². The van der Waals surface area contributed by atoms with Crippen LogP contribution in [-0.4, -0.2) is 90.7 Å². The molecule has 1 fully saturated rings. The third-order valence-electron chi connectivity index (χ3n) is 5.71. The summed E-state index contributed by atoms with van der Waals surface area (Å²) in [6, 6.07) is 6.00. The summed E-state index contributed by atoms with van der Waals surface area (Å²) in [5.74, 6) is -1.91. The largest absolute Gasteiger partial charge is 0.493 e. The molecule has 1 aliphatic heterocycles. The number of anilines is 1. The van der Waals surface area contributed by atoms with Gasteiger partial charge in [-0.15, -0.1) is 0 Å². The summed E-state index contributed by atoms with van der Waals surface area (Å²) in [4.78, 5) is 27.6. The molecule has 2 aromatic rings. The van der Waals surface area contributed by atoms with Crippen molar-refractivity contribution >= 4 is 27.8 Å². The predicted molar refractivity (Wildman–Crippen MR) is 131 cm³/mol. The van der Waals surface area contributed by atoms with Crippen molar-refractivity contribution in [1.82, 2.24) is 15.0 Å². The van der Waals surface area contributed by atoms with Crippen molar-refractivity contribution in [3.63, 3.8) is 0 Å². The van der Waals surface area contributed by atoms with Crippen LogP contribution >= 0.6 is 0 Å². The van der Waals surface area contributed by atoms with E-state index in [0.29, 0.717) is 23.6 Å². The fourth-order valence-corrected chi connectivity index (χ4v) is 4.19. The highest BCUT2D eigenvalue weighted by atomic mass is 32.2. The highest BCUT2D eigenvalue weighted by molar-refractivity contribution is 7.90. The molecule has 1 atom stereocenters. The first kappa shape index (κ1) is 29.0. The third kappa shape index (κ3) is 8.48. The maximum absolute atomic E-state index is 11.7. The number of carboxylic acids is 2. The highest BCUT2D eigenvalue weighted by Gasteiger charge is 2.24. The highest BCUT2D eigenvalue weighted by Crippen LogP contribution is 2.23. The minimum absolute atomic E-state index is 0.259. The first-order valence-corrected chi connectivity index (χ1v) is 13.4. The Morgan fingerprint density at radius 2 is 1.72 bits per heavy atom. The van der Waals surface area contributed by atoms with Crippen LogP contribution in [0.4, 0.5) is 6.01 Å². The van der Waals surface area contributed by atoms with Crippen molar-refractivity contribution in [3.05, 3.63) is 29.6 Å². The van der Waals surface area contributed by atoms with Gasteiger partial charge in [0, 0.05) is 44.4 Å². The van der Waals surface area contributed by atoms with Gasteiger partial charge in [-0.25, -0.2) is 18.0 Å². The number of benzene rings is 1. The second kappa shape index (κ2) is 12.7. The average molecular weight is 527 g/mol. The standard InChI is InChI=1S/C21H32N4O4S.C2H2O4/c1-15(2)20-22-21(29-23-20)25-11-9-24(10-12-25)17(4)8-13-28-19-7-6-18(14-16(19)3)30(5,26)27;3-1(4)2(5)6/h6-7,14-15,17H,8-13H2,1-5H3;(H,3,4)(H,5,6). The van der Waals surface area contributed by atoms with Gasteiger partial charge < -0.3 is 24.4 Å². The fraction of sp³-hybridized carbons (Fsp3) is 0.565. The molecule has 12 nitrogen and oxygen atoms in total. The van der Waals surface area contributed by atoms with Gasteiger partial charge in [-0.1, -0.05) is 19.0 Å². The van der Waals surface area contributed by atoms with Gasteiger partial charge in [0.2, 0.25) is 0 Å². The van der Waals surface area contributed by atoms with Crippen LogP contribution in [0.25, 0.3) is 0 Å². The van der Waals surface area contributed by atoms with E-state index in [1.165, 1.54) is 6.26 Å². The summed E-state index contributed by atoms with van der Waals surface area (Å²) in [6.07, 6.45) is 2.11. The predicted octanol–water partition coefficient (Wildman–Crippen LogP) is 2.04. The molecule has 0 radical (unpaired) electrons. The molecule has 36 heavy (non-hydrogen) atoms. The second-order valence-corrected chi connectivity index (χ2v) is 10.9. The van der Waals surface area contributed by atoms with Crippen LogP contribution in [0.2, 0.25) is 0 Å². The topological polar surface area (TPSA) is 163 Å². The molecule has 0 aliphatic carbocycles. The number of aryl methyl sites for hydroxylation is 1. The van der Waals surface area contributed by atoms with Gasteiger partial charge in [0.1, 0.15) is 5.75 Å². The summed E-state index contributed by atoms with van der Waals surface area (Å²) in [5.41, 5.74) is 0.833. The van der Waals surface area contributed by atoms with E-state index in [1.54, 1.807) is 18.2 Å². The van der Waals surface area contributed by atoms with E-state index in [0.717, 1.165) is 49.7 Å². The van der Waals surface area contributed by atoms with Crippen molar-refractivity contribution in [2.24, 2.45) is 0 Å². The summed E-state index contributed by atoms with van der Waals surface area (Å²) < 4.78 is 34.6. The SMILES string of the molecule is Cc1cc(S(C)(=O)=O)ccc1OCCC(C)N1CCN(c2nc(C(C)C)no2)CC1.O=C(O)C(=O)O. The Bertz CT molecular complexity index is 1130. The van der Waals surface area contributed by atoms with E-state index in [9.17, 15) is 8.42 Å². The van der Waals surface area contributed by atoms with Crippen LogP contribution in [-0.2, 0) is 19.4 Å². The van der Waals surface area contributed by atoms with Crippen LogP contribution in [0.1, 0.15) is 44.5 Å². The number of sulfone groups is 1. The quantitative estimate of drug-likeness (QED) is 0.482. The molecule has 200 valence electrons. The number of hydrogen-bond donors (Lipinski definition) is 2. The smallest absolute Gasteiger partial charge is 0.414 e. The zero-order chi connectivity index (χ0) is 27.0. The Morgan fingerprint density at radius 3 is 2.19 bits per heavy atom. The molecule has 0 amide bonds. The Hall–Kier alpha value is -3.19. The summed E-state index contributed by atoms with van der Waals surface area (Å²) in [6.45, 7) is 12.4. The van der Waals surface area contributed by atoms with E-state index in [2.05, 4.69) is 40.7 Å². The van der Waals surface area contributed by atoms with Gasteiger partial charge in [-0.3, -0.25) is 4.90 Å². The monoisotopic (exact) mass is 526 g/mol. The Morgan fingerprint density at radius 1 is 1.11 bits per heavy atom. The van der Waals surface area contributed by atoms with Crippen LogP contribution in [0.5, 0.6) is 5.75 Å². The zero-order valence-electron chi connectivity index (χ0n) is 21.2. The zero-order valence-corrected chi connectivity index (χ0v) is 22.0. The van der Waals surface area contributed by atoms with Crippen molar-refractivity contribution in [1.29, 1.82) is 0 Å². The molecule has 13 heteroatoms. The molecular weight excluding hydrogens is 492 g/mol. The molecule has 0 saturated carbocycles. The van der Waals surface area contributed by atoms with E-state index in [-0.39, 0.29) is 5.92 Å². The van der Waals surface area contributed by atoms with Crippen LogP contribution in [0, 0.1) is 6.92 Å². The average Bonchev–Trinajstić information content (AvgIpc) is 3.30. The van der Waals surface area contributed by atoms with Crippen molar-refractivity contribution in [3.8, 4) is 5.75 Å². The van der Waals surface area contributed by atoms with Crippen LogP contribution in [0.3, 0.4) is 0 Å². The summed E-state index contributed by atoms with van der Waals surface area (Å²) in [5, 5.41) is 18.8. The van der Waals surface area contributed by atoms with Crippen molar-refractivity contribution in [2.45, 2.75) is 51.0 Å². The number of aliphatic carboxylic acids is 2. The molecule has 1 aromatic heterocycles. The molecule has 1 aliphatic rings. The third-order valence-corrected chi connectivity index (χ3v) is 6.82. The molecule has 3 rings (SSSR count).